The van der Waals surface area contributed by atoms with Gasteiger partial charge in [0.2, 0.25) is 0 Å². The van der Waals surface area contributed by atoms with Crippen molar-refractivity contribution in [3.8, 4) is 0 Å². The zero-order valence-electron chi connectivity index (χ0n) is 14.1. The number of likely N-dealkylation sites (tertiary alicyclic amines) is 1. The van der Waals surface area contributed by atoms with Gasteiger partial charge in [-0.25, -0.2) is 0 Å². The van der Waals surface area contributed by atoms with Gasteiger partial charge in [-0.2, -0.15) is 0 Å². The molecule has 1 aliphatic heterocycles. The van der Waals surface area contributed by atoms with Gasteiger partial charge in [0.05, 0.1) is 5.69 Å². The van der Waals surface area contributed by atoms with Gasteiger partial charge in [-0.15, -0.1) is 0 Å². The molecule has 1 atom stereocenters. The number of piperidine rings is 1. The van der Waals surface area contributed by atoms with Crippen LogP contribution in [0.2, 0.25) is 0 Å². The smallest absolute Gasteiger partial charge is 0.255 e. The lowest BCUT2D eigenvalue weighted by molar-refractivity contribution is 0.206. The van der Waals surface area contributed by atoms with E-state index in [1.165, 1.54) is 6.42 Å². The molecule has 2 N–H and O–H groups in total. The molecule has 0 bridgehead atoms. The van der Waals surface area contributed by atoms with E-state index in [-0.39, 0.29) is 5.56 Å². The molecule has 1 aromatic carbocycles. The van der Waals surface area contributed by atoms with Crippen LogP contribution >= 0.6 is 0 Å². The van der Waals surface area contributed by atoms with Crippen LogP contribution in [0, 0.1) is 0 Å². The number of hydrogen-bond donors (Lipinski definition) is 2. The minimum Gasteiger partial charge on any atom is -0.381 e. The first-order chi connectivity index (χ1) is 12.3. The molecule has 5 nitrogen and oxygen atoms in total. The third-order valence-electron chi connectivity index (χ3n) is 4.76. The van der Waals surface area contributed by atoms with Crippen LogP contribution < -0.4 is 10.9 Å². The van der Waals surface area contributed by atoms with E-state index in [2.05, 4.69) is 32.3 Å². The highest BCUT2D eigenvalue weighted by Crippen LogP contribution is 2.20. The summed E-state index contributed by atoms with van der Waals surface area (Å²) in [5, 5.41) is 5.33. The molecule has 3 aromatic rings. The quantitative estimate of drug-likeness (QED) is 0.770. The van der Waals surface area contributed by atoms with Gasteiger partial charge in [-0.3, -0.25) is 14.7 Å². The number of benzene rings is 1. The molecule has 4 rings (SSSR count). The topological polar surface area (TPSA) is 61.0 Å². The highest BCUT2D eigenvalue weighted by molar-refractivity contribution is 5.84. The van der Waals surface area contributed by atoms with Crippen molar-refractivity contribution in [1.29, 1.82) is 0 Å². The summed E-state index contributed by atoms with van der Waals surface area (Å²) in [6.07, 6.45) is 5.89. The van der Waals surface area contributed by atoms with Crippen LogP contribution in [0.5, 0.6) is 0 Å². The van der Waals surface area contributed by atoms with Crippen LogP contribution in [-0.2, 0) is 6.54 Å². The van der Waals surface area contributed by atoms with Crippen LogP contribution in [0.3, 0.4) is 0 Å². The van der Waals surface area contributed by atoms with E-state index in [1.54, 1.807) is 6.20 Å². The number of nitrogens with zero attached hydrogens (tertiary/aromatic N) is 2. The summed E-state index contributed by atoms with van der Waals surface area (Å²) in [5.41, 5.74) is 2.15. The Morgan fingerprint density at radius 1 is 1.24 bits per heavy atom. The first kappa shape index (κ1) is 15.8. The highest BCUT2D eigenvalue weighted by Gasteiger charge is 2.20. The fraction of sp³-hybridized carbons (Fsp3) is 0.300. The summed E-state index contributed by atoms with van der Waals surface area (Å²) in [7, 11) is 0. The predicted molar refractivity (Wildman–Crippen MR) is 101 cm³/mol. The van der Waals surface area contributed by atoms with E-state index >= 15 is 0 Å². The maximum absolute atomic E-state index is 11.8. The predicted octanol–water partition coefficient (Wildman–Crippen LogP) is 3.00. The fourth-order valence-electron chi connectivity index (χ4n) is 3.56. The molecule has 0 spiro atoms. The van der Waals surface area contributed by atoms with Crippen molar-refractivity contribution >= 4 is 16.5 Å². The number of aromatic amines is 1. The Kier molecular flexibility index (Phi) is 4.48. The fourth-order valence-corrected chi connectivity index (χ4v) is 3.56. The van der Waals surface area contributed by atoms with Gasteiger partial charge in [-0.05, 0) is 61.2 Å². The molecule has 128 valence electrons. The Hall–Kier alpha value is -2.66. The lowest BCUT2D eigenvalue weighted by atomic mass is 10.0. The van der Waals surface area contributed by atoms with E-state index in [1.807, 2.05) is 36.5 Å². The van der Waals surface area contributed by atoms with E-state index in [9.17, 15) is 4.79 Å². The van der Waals surface area contributed by atoms with Gasteiger partial charge in [0, 0.05) is 42.6 Å². The summed E-state index contributed by atoms with van der Waals surface area (Å²) in [6.45, 7) is 3.01. The Morgan fingerprint density at radius 2 is 2.20 bits per heavy atom. The summed E-state index contributed by atoms with van der Waals surface area (Å²) in [4.78, 5) is 21.4. The third kappa shape index (κ3) is 3.72. The summed E-state index contributed by atoms with van der Waals surface area (Å²) in [6, 6.07) is 14.4. The third-order valence-corrected chi connectivity index (χ3v) is 4.76. The molecule has 0 amide bonds. The molecule has 1 aliphatic rings. The first-order valence-corrected chi connectivity index (χ1v) is 8.78. The van der Waals surface area contributed by atoms with Gasteiger partial charge in [0.25, 0.3) is 5.56 Å². The van der Waals surface area contributed by atoms with Crippen molar-refractivity contribution in [2.75, 3.05) is 18.4 Å². The van der Waals surface area contributed by atoms with Crippen LogP contribution in [0.25, 0.3) is 10.8 Å². The number of aromatic nitrogens is 2. The number of hydrogen-bond acceptors (Lipinski definition) is 4. The monoisotopic (exact) mass is 334 g/mol. The number of fused-ring (bicyclic) bond motifs is 1. The van der Waals surface area contributed by atoms with E-state index in [4.69, 9.17) is 0 Å². The molecule has 0 radical (unpaired) electrons. The van der Waals surface area contributed by atoms with Gasteiger partial charge >= 0.3 is 0 Å². The zero-order valence-corrected chi connectivity index (χ0v) is 14.1. The molecular formula is C20H22N4O. The minimum absolute atomic E-state index is 0.0387. The summed E-state index contributed by atoms with van der Waals surface area (Å²) >= 11 is 0. The molecule has 0 aliphatic carbocycles. The average molecular weight is 334 g/mol. The van der Waals surface area contributed by atoms with Crippen LogP contribution in [0.4, 0.5) is 5.69 Å². The Balaban J connectivity index is 1.44. The minimum atomic E-state index is -0.0387. The van der Waals surface area contributed by atoms with E-state index in [0.29, 0.717) is 6.04 Å². The molecular weight excluding hydrogens is 312 g/mol. The standard InChI is InChI=1S/C20H22N4O/c25-20-19-7-6-16(12-15(19)8-10-22-20)23-18-5-3-11-24(14-18)13-17-4-1-2-9-21-17/h1-2,4,6-10,12,18,23H,3,5,11,13-14H2,(H,22,25). The molecule has 2 aromatic heterocycles. The van der Waals surface area contributed by atoms with Gasteiger partial charge in [0.15, 0.2) is 0 Å². The van der Waals surface area contributed by atoms with Crippen molar-refractivity contribution in [1.82, 2.24) is 14.9 Å². The largest absolute Gasteiger partial charge is 0.381 e. The second kappa shape index (κ2) is 7.07. The Morgan fingerprint density at radius 3 is 3.08 bits per heavy atom. The SMILES string of the molecule is O=c1[nH]ccc2cc(NC3CCCN(Cc4ccccn4)C3)ccc12. The maximum atomic E-state index is 11.8. The normalized spacial score (nSPS) is 18.3. The summed E-state index contributed by atoms with van der Waals surface area (Å²) in [5.74, 6) is 0. The van der Waals surface area contributed by atoms with Crippen molar-refractivity contribution in [3.05, 3.63) is 70.9 Å². The van der Waals surface area contributed by atoms with Crippen molar-refractivity contribution in [2.24, 2.45) is 0 Å². The zero-order chi connectivity index (χ0) is 17.1. The van der Waals surface area contributed by atoms with Gasteiger partial charge in [-0.1, -0.05) is 6.07 Å². The number of anilines is 1. The molecule has 3 heterocycles. The molecule has 0 saturated carbocycles. The van der Waals surface area contributed by atoms with Gasteiger partial charge < -0.3 is 10.3 Å². The average Bonchev–Trinajstić information content (AvgIpc) is 2.63. The van der Waals surface area contributed by atoms with E-state index < -0.39 is 0 Å². The number of nitrogens with one attached hydrogen (secondary N) is 2. The Labute approximate surface area is 146 Å². The first-order valence-electron chi connectivity index (χ1n) is 8.78. The molecule has 5 heteroatoms. The van der Waals surface area contributed by atoms with E-state index in [0.717, 1.165) is 48.2 Å². The van der Waals surface area contributed by atoms with Crippen molar-refractivity contribution < 1.29 is 0 Å². The number of rotatable bonds is 4. The number of pyridine rings is 2. The molecule has 1 unspecified atom stereocenters. The van der Waals surface area contributed by atoms with Crippen LogP contribution in [0.1, 0.15) is 18.5 Å². The maximum Gasteiger partial charge on any atom is 0.255 e. The number of H-pyrrole nitrogens is 1. The van der Waals surface area contributed by atoms with Crippen molar-refractivity contribution in [3.63, 3.8) is 0 Å². The highest BCUT2D eigenvalue weighted by atomic mass is 16.1. The van der Waals surface area contributed by atoms with Crippen LogP contribution in [0.15, 0.2) is 59.7 Å². The van der Waals surface area contributed by atoms with Crippen molar-refractivity contribution in [2.45, 2.75) is 25.4 Å². The Bertz CT molecular complexity index is 906. The molecule has 1 saturated heterocycles. The van der Waals surface area contributed by atoms with Crippen LogP contribution in [-0.4, -0.2) is 34.0 Å². The second-order valence-corrected chi connectivity index (χ2v) is 6.65. The summed E-state index contributed by atoms with van der Waals surface area (Å²) < 4.78 is 0. The lowest BCUT2D eigenvalue weighted by Crippen LogP contribution is -2.41. The second-order valence-electron chi connectivity index (χ2n) is 6.65. The molecule has 25 heavy (non-hydrogen) atoms. The lowest BCUT2D eigenvalue weighted by Gasteiger charge is -2.33. The molecule has 1 fully saturated rings. The van der Waals surface area contributed by atoms with Gasteiger partial charge in [0.1, 0.15) is 0 Å².